The Hall–Kier alpha value is -2.27. The number of rotatable bonds is 3. The Morgan fingerprint density at radius 2 is 2.00 bits per heavy atom. The largest absolute Gasteiger partial charge is 0.495 e. The topological polar surface area (TPSA) is 60.2 Å². The van der Waals surface area contributed by atoms with E-state index in [1.165, 1.54) is 0 Å². The van der Waals surface area contributed by atoms with Crippen LogP contribution in [0.5, 0.6) is 5.75 Å². The maximum atomic E-state index is 6.14. The summed E-state index contributed by atoms with van der Waals surface area (Å²) in [6, 6.07) is 11.7. The molecule has 0 saturated carbocycles. The third-order valence-corrected chi connectivity index (χ3v) is 3.71. The zero-order chi connectivity index (χ0) is 13.2. The second-order valence-electron chi connectivity index (χ2n) is 4.05. The number of aromatic nitrogens is 1. The third kappa shape index (κ3) is 2.08. The van der Waals surface area contributed by atoms with Gasteiger partial charge in [0.25, 0.3) is 0 Å². The van der Waals surface area contributed by atoms with Crippen molar-refractivity contribution in [3.63, 3.8) is 0 Å². The molecule has 0 atom stereocenters. The van der Waals surface area contributed by atoms with Crippen LogP contribution in [0.4, 0.5) is 17.1 Å². The summed E-state index contributed by atoms with van der Waals surface area (Å²) in [5, 5.41) is 3.29. The van der Waals surface area contributed by atoms with Crippen LogP contribution in [0.25, 0.3) is 10.2 Å². The number of anilines is 3. The van der Waals surface area contributed by atoms with E-state index in [4.69, 9.17) is 10.5 Å². The van der Waals surface area contributed by atoms with Crippen LogP contribution in [0, 0.1) is 0 Å². The summed E-state index contributed by atoms with van der Waals surface area (Å²) in [7, 11) is 1.65. The molecule has 0 spiro atoms. The van der Waals surface area contributed by atoms with Gasteiger partial charge in [-0.1, -0.05) is 12.1 Å². The maximum absolute atomic E-state index is 6.14. The quantitative estimate of drug-likeness (QED) is 0.714. The Kier molecular flexibility index (Phi) is 2.97. The van der Waals surface area contributed by atoms with Gasteiger partial charge in [-0.2, -0.15) is 0 Å². The van der Waals surface area contributed by atoms with Crippen LogP contribution in [0.2, 0.25) is 0 Å². The SMILES string of the molecule is COc1ccccc1Nc1ccc2scnc2c1N. The Morgan fingerprint density at radius 1 is 1.16 bits per heavy atom. The molecule has 5 heteroatoms. The van der Waals surface area contributed by atoms with Gasteiger partial charge >= 0.3 is 0 Å². The summed E-state index contributed by atoms with van der Waals surface area (Å²) in [4.78, 5) is 4.29. The Morgan fingerprint density at radius 3 is 2.84 bits per heavy atom. The van der Waals surface area contributed by atoms with Crippen LogP contribution >= 0.6 is 11.3 Å². The van der Waals surface area contributed by atoms with Gasteiger partial charge in [0, 0.05) is 0 Å². The fourth-order valence-corrected chi connectivity index (χ4v) is 2.65. The number of hydrogen-bond donors (Lipinski definition) is 2. The molecule has 0 radical (unpaired) electrons. The van der Waals surface area contributed by atoms with Crippen LogP contribution in [-0.2, 0) is 0 Å². The highest BCUT2D eigenvalue weighted by atomic mass is 32.1. The van der Waals surface area contributed by atoms with E-state index < -0.39 is 0 Å². The number of hydrogen-bond acceptors (Lipinski definition) is 5. The van der Waals surface area contributed by atoms with E-state index in [1.807, 2.05) is 36.4 Å². The number of benzene rings is 2. The summed E-state index contributed by atoms with van der Waals surface area (Å²) >= 11 is 1.58. The molecule has 3 aromatic rings. The molecule has 0 aliphatic heterocycles. The number of nitrogens with one attached hydrogen (secondary N) is 1. The van der Waals surface area contributed by atoms with Crippen LogP contribution in [-0.4, -0.2) is 12.1 Å². The Bertz CT molecular complexity index is 724. The lowest BCUT2D eigenvalue weighted by atomic mass is 10.2. The molecule has 0 bridgehead atoms. The van der Waals surface area contributed by atoms with Crippen molar-refractivity contribution in [2.45, 2.75) is 0 Å². The minimum absolute atomic E-state index is 0.657. The van der Waals surface area contributed by atoms with Crippen molar-refractivity contribution in [2.75, 3.05) is 18.2 Å². The minimum atomic E-state index is 0.657. The van der Waals surface area contributed by atoms with Crippen molar-refractivity contribution < 1.29 is 4.74 Å². The average molecular weight is 271 g/mol. The van der Waals surface area contributed by atoms with Gasteiger partial charge in [-0.15, -0.1) is 11.3 Å². The van der Waals surface area contributed by atoms with E-state index >= 15 is 0 Å². The van der Waals surface area contributed by atoms with Gasteiger partial charge in [0.05, 0.1) is 34.4 Å². The zero-order valence-electron chi connectivity index (χ0n) is 10.4. The molecule has 2 aromatic carbocycles. The second kappa shape index (κ2) is 4.78. The second-order valence-corrected chi connectivity index (χ2v) is 4.94. The molecule has 1 heterocycles. The molecule has 0 aliphatic rings. The highest BCUT2D eigenvalue weighted by molar-refractivity contribution is 7.16. The van der Waals surface area contributed by atoms with Crippen LogP contribution in [0.15, 0.2) is 41.9 Å². The lowest BCUT2D eigenvalue weighted by Gasteiger charge is -2.12. The van der Waals surface area contributed by atoms with E-state index in [1.54, 1.807) is 24.0 Å². The predicted molar refractivity (Wildman–Crippen MR) is 80.3 cm³/mol. The van der Waals surface area contributed by atoms with Crippen LogP contribution in [0.1, 0.15) is 0 Å². The molecule has 0 unspecified atom stereocenters. The fraction of sp³-hybridized carbons (Fsp3) is 0.0714. The Labute approximate surface area is 114 Å². The highest BCUT2D eigenvalue weighted by Crippen LogP contribution is 2.34. The zero-order valence-corrected chi connectivity index (χ0v) is 11.2. The molecule has 19 heavy (non-hydrogen) atoms. The predicted octanol–water partition coefficient (Wildman–Crippen LogP) is 3.63. The standard InChI is InChI=1S/C14H13N3OS/c1-18-11-5-3-2-4-9(11)17-10-6-7-12-14(13(10)15)16-8-19-12/h2-8,17H,15H2,1H3. The van der Waals surface area contributed by atoms with E-state index in [2.05, 4.69) is 10.3 Å². The van der Waals surface area contributed by atoms with Gasteiger partial charge in [0.1, 0.15) is 11.3 Å². The number of methoxy groups -OCH3 is 1. The molecule has 0 saturated heterocycles. The first kappa shape index (κ1) is 11.8. The molecule has 0 aliphatic carbocycles. The van der Waals surface area contributed by atoms with Gasteiger partial charge in [-0.3, -0.25) is 0 Å². The molecule has 4 nitrogen and oxygen atoms in total. The molecule has 1 aromatic heterocycles. The van der Waals surface area contributed by atoms with E-state index in [-0.39, 0.29) is 0 Å². The summed E-state index contributed by atoms with van der Waals surface area (Å²) < 4.78 is 6.40. The molecule has 3 rings (SSSR count). The molecule has 3 N–H and O–H groups in total. The molecular formula is C14H13N3OS. The number of nitrogens with zero attached hydrogens (tertiary/aromatic N) is 1. The number of nitrogen functional groups attached to an aromatic ring is 1. The highest BCUT2D eigenvalue weighted by Gasteiger charge is 2.08. The number of thiazole rings is 1. The van der Waals surface area contributed by atoms with Gasteiger partial charge in [0.2, 0.25) is 0 Å². The smallest absolute Gasteiger partial charge is 0.142 e. The van der Waals surface area contributed by atoms with Crippen molar-refractivity contribution in [1.82, 2.24) is 4.98 Å². The molecule has 0 amide bonds. The number of fused-ring (bicyclic) bond motifs is 1. The molecular weight excluding hydrogens is 258 g/mol. The van der Waals surface area contributed by atoms with Gasteiger partial charge in [-0.25, -0.2) is 4.98 Å². The van der Waals surface area contributed by atoms with Gasteiger partial charge in [0.15, 0.2) is 0 Å². The lowest BCUT2D eigenvalue weighted by Crippen LogP contribution is -1.98. The average Bonchev–Trinajstić information content (AvgIpc) is 2.92. The first-order valence-electron chi connectivity index (χ1n) is 5.81. The fourth-order valence-electron chi connectivity index (χ4n) is 1.95. The van der Waals surface area contributed by atoms with Crippen molar-refractivity contribution in [2.24, 2.45) is 0 Å². The van der Waals surface area contributed by atoms with Crippen molar-refractivity contribution in [1.29, 1.82) is 0 Å². The van der Waals surface area contributed by atoms with Crippen LogP contribution in [0.3, 0.4) is 0 Å². The molecule has 0 fully saturated rings. The normalized spacial score (nSPS) is 10.6. The first-order valence-corrected chi connectivity index (χ1v) is 6.69. The molecule has 96 valence electrons. The summed E-state index contributed by atoms with van der Waals surface area (Å²) in [5.74, 6) is 0.778. The Balaban J connectivity index is 2.03. The van der Waals surface area contributed by atoms with E-state index in [9.17, 15) is 0 Å². The number of para-hydroxylation sites is 2. The monoisotopic (exact) mass is 271 g/mol. The van der Waals surface area contributed by atoms with Crippen molar-refractivity contribution in [3.8, 4) is 5.75 Å². The number of nitrogens with two attached hydrogens (primary N) is 1. The van der Waals surface area contributed by atoms with Gasteiger partial charge in [-0.05, 0) is 24.3 Å². The summed E-state index contributed by atoms with van der Waals surface area (Å²) in [5.41, 5.74) is 11.2. The van der Waals surface area contributed by atoms with Crippen molar-refractivity contribution in [3.05, 3.63) is 41.9 Å². The maximum Gasteiger partial charge on any atom is 0.142 e. The third-order valence-electron chi connectivity index (χ3n) is 2.92. The van der Waals surface area contributed by atoms with Gasteiger partial charge < -0.3 is 15.8 Å². The first-order chi connectivity index (χ1) is 9.29. The summed E-state index contributed by atoms with van der Waals surface area (Å²) in [6.07, 6.45) is 0. The van der Waals surface area contributed by atoms with Crippen LogP contribution < -0.4 is 15.8 Å². The van der Waals surface area contributed by atoms with E-state index in [0.29, 0.717) is 5.69 Å². The summed E-state index contributed by atoms with van der Waals surface area (Å²) in [6.45, 7) is 0. The minimum Gasteiger partial charge on any atom is -0.495 e. The van der Waals surface area contributed by atoms with Crippen molar-refractivity contribution >= 4 is 38.6 Å². The lowest BCUT2D eigenvalue weighted by molar-refractivity contribution is 0.417. The van der Waals surface area contributed by atoms with E-state index in [0.717, 1.165) is 27.3 Å². The number of ether oxygens (including phenoxy) is 1.